The molecule has 0 radical (unpaired) electrons. The molecule has 0 aliphatic carbocycles. The summed E-state index contributed by atoms with van der Waals surface area (Å²) in [5.41, 5.74) is 7.49. The zero-order valence-corrected chi connectivity index (χ0v) is 11.0. The highest BCUT2D eigenvalue weighted by Crippen LogP contribution is 2.22. The Hall–Kier alpha value is -2.24. The van der Waals surface area contributed by atoms with Gasteiger partial charge in [0.05, 0.1) is 6.61 Å². The Morgan fingerprint density at radius 3 is 3.00 bits per heavy atom. The molecule has 2 rings (SSSR count). The van der Waals surface area contributed by atoms with Crippen molar-refractivity contribution in [3.05, 3.63) is 30.4 Å². The van der Waals surface area contributed by atoms with E-state index in [1.54, 1.807) is 0 Å². The number of rotatable bonds is 7. The van der Waals surface area contributed by atoms with Crippen LogP contribution >= 0.6 is 0 Å². The van der Waals surface area contributed by atoms with E-state index in [1.807, 2.05) is 18.2 Å². The van der Waals surface area contributed by atoms with Crippen LogP contribution in [-0.4, -0.2) is 28.3 Å². The molecule has 6 nitrogen and oxygen atoms in total. The van der Waals surface area contributed by atoms with Gasteiger partial charge in [0.25, 0.3) is 0 Å². The minimum atomic E-state index is 0.691. The number of H-pyrrole nitrogens is 1. The van der Waals surface area contributed by atoms with E-state index < -0.39 is 0 Å². The monoisotopic (exact) mass is 261 g/mol. The molecule has 1 aromatic heterocycles. The van der Waals surface area contributed by atoms with Gasteiger partial charge in [0.15, 0.2) is 0 Å². The molecule has 6 heteroatoms. The fourth-order valence-corrected chi connectivity index (χ4v) is 1.70. The van der Waals surface area contributed by atoms with Gasteiger partial charge in [-0.1, -0.05) is 6.92 Å². The number of hydrogen-bond donors (Lipinski definition) is 3. The van der Waals surface area contributed by atoms with Crippen molar-refractivity contribution in [1.82, 2.24) is 15.2 Å². The molecule has 0 spiro atoms. The molecule has 1 heterocycles. The summed E-state index contributed by atoms with van der Waals surface area (Å²) in [4.78, 5) is 4.07. The number of hydrogen-bond acceptors (Lipinski definition) is 5. The minimum absolute atomic E-state index is 0.691. The molecule has 0 saturated heterocycles. The second-order valence-corrected chi connectivity index (χ2v) is 4.25. The topological polar surface area (TPSA) is 88.8 Å². The van der Waals surface area contributed by atoms with E-state index in [9.17, 15) is 0 Å². The number of nitrogens with two attached hydrogens (primary N) is 1. The summed E-state index contributed by atoms with van der Waals surface area (Å²) < 4.78 is 5.58. The molecule has 0 aliphatic heterocycles. The van der Waals surface area contributed by atoms with Crippen LogP contribution in [0.5, 0.6) is 5.75 Å². The molecule has 0 unspecified atom stereocenters. The molecule has 0 amide bonds. The molecule has 2 aromatic rings. The Morgan fingerprint density at radius 2 is 2.26 bits per heavy atom. The van der Waals surface area contributed by atoms with Crippen LogP contribution in [0.3, 0.4) is 0 Å². The van der Waals surface area contributed by atoms with Crippen LogP contribution in [0.25, 0.3) is 0 Å². The molecule has 1 aromatic carbocycles. The highest BCUT2D eigenvalue weighted by Gasteiger charge is 2.01. The molecule has 0 atom stereocenters. The van der Waals surface area contributed by atoms with Gasteiger partial charge in [0.2, 0.25) is 0 Å². The smallest absolute Gasteiger partial charge is 0.137 e. The number of nitrogen functional groups attached to an aromatic ring is 1. The third kappa shape index (κ3) is 4.17. The molecule has 0 aliphatic rings. The lowest BCUT2D eigenvalue weighted by molar-refractivity contribution is 0.318. The Bertz CT molecular complexity index is 498. The second-order valence-electron chi connectivity index (χ2n) is 4.25. The van der Waals surface area contributed by atoms with Crippen LogP contribution in [0, 0.1) is 0 Å². The highest BCUT2D eigenvalue weighted by molar-refractivity contribution is 5.59. The van der Waals surface area contributed by atoms with Crippen molar-refractivity contribution >= 4 is 11.4 Å². The fraction of sp³-hybridized carbons (Fsp3) is 0.385. The van der Waals surface area contributed by atoms with Crippen molar-refractivity contribution in [2.24, 2.45) is 0 Å². The molecule has 0 saturated carbocycles. The number of nitrogens with zero attached hydrogens (tertiary/aromatic N) is 2. The van der Waals surface area contributed by atoms with Crippen LogP contribution < -0.4 is 15.8 Å². The van der Waals surface area contributed by atoms with E-state index >= 15 is 0 Å². The maximum absolute atomic E-state index is 5.85. The van der Waals surface area contributed by atoms with Crippen LogP contribution in [0.2, 0.25) is 0 Å². The number of aromatic amines is 1. The first-order chi connectivity index (χ1) is 9.28. The molecular formula is C13H19N5O. The zero-order chi connectivity index (χ0) is 13.5. The molecule has 102 valence electrons. The summed E-state index contributed by atoms with van der Waals surface area (Å²) in [6, 6.07) is 5.67. The van der Waals surface area contributed by atoms with Crippen molar-refractivity contribution in [1.29, 1.82) is 0 Å². The molecular weight excluding hydrogens is 242 g/mol. The van der Waals surface area contributed by atoms with Crippen molar-refractivity contribution in [3.8, 4) is 5.75 Å². The first-order valence-corrected chi connectivity index (χ1v) is 6.39. The second kappa shape index (κ2) is 6.63. The summed E-state index contributed by atoms with van der Waals surface area (Å²) in [6.45, 7) is 3.52. The third-order valence-corrected chi connectivity index (χ3v) is 2.56. The SMILES string of the molecule is CCCOc1cc(N)cc(NCCc2ncn[nH]2)c1. The van der Waals surface area contributed by atoms with E-state index in [-0.39, 0.29) is 0 Å². The highest BCUT2D eigenvalue weighted by atomic mass is 16.5. The van der Waals surface area contributed by atoms with Gasteiger partial charge in [-0.15, -0.1) is 0 Å². The van der Waals surface area contributed by atoms with Gasteiger partial charge in [-0.05, 0) is 12.5 Å². The van der Waals surface area contributed by atoms with Crippen LogP contribution in [0.4, 0.5) is 11.4 Å². The maximum atomic E-state index is 5.85. The van der Waals surface area contributed by atoms with Gasteiger partial charge in [0.1, 0.15) is 17.9 Å². The van der Waals surface area contributed by atoms with Crippen molar-refractivity contribution in [2.75, 3.05) is 24.2 Å². The van der Waals surface area contributed by atoms with Crippen LogP contribution in [-0.2, 0) is 6.42 Å². The Kier molecular flexibility index (Phi) is 4.60. The lowest BCUT2D eigenvalue weighted by atomic mass is 10.2. The lowest BCUT2D eigenvalue weighted by Gasteiger charge is -2.10. The average molecular weight is 261 g/mol. The first-order valence-electron chi connectivity index (χ1n) is 6.39. The zero-order valence-electron chi connectivity index (χ0n) is 11.0. The number of aromatic nitrogens is 3. The van der Waals surface area contributed by atoms with E-state index in [0.29, 0.717) is 12.3 Å². The molecule has 0 fully saturated rings. The van der Waals surface area contributed by atoms with Gasteiger partial charge in [-0.3, -0.25) is 5.10 Å². The van der Waals surface area contributed by atoms with E-state index in [1.165, 1.54) is 6.33 Å². The lowest BCUT2D eigenvalue weighted by Crippen LogP contribution is -2.07. The maximum Gasteiger partial charge on any atom is 0.137 e. The van der Waals surface area contributed by atoms with Gasteiger partial charge in [0, 0.05) is 36.5 Å². The van der Waals surface area contributed by atoms with Gasteiger partial charge in [-0.25, -0.2) is 4.98 Å². The summed E-state index contributed by atoms with van der Waals surface area (Å²) in [5.74, 6) is 1.66. The van der Waals surface area contributed by atoms with E-state index in [4.69, 9.17) is 10.5 Å². The normalized spacial score (nSPS) is 10.4. The quantitative estimate of drug-likeness (QED) is 0.662. The number of anilines is 2. The minimum Gasteiger partial charge on any atom is -0.493 e. The molecule has 0 bridgehead atoms. The Morgan fingerprint density at radius 1 is 1.37 bits per heavy atom. The van der Waals surface area contributed by atoms with E-state index in [2.05, 4.69) is 27.4 Å². The predicted octanol–water partition coefficient (Wildman–Crippen LogP) is 1.83. The van der Waals surface area contributed by atoms with E-state index in [0.717, 1.165) is 36.6 Å². The Balaban J connectivity index is 1.90. The predicted molar refractivity (Wildman–Crippen MR) is 75.2 cm³/mol. The third-order valence-electron chi connectivity index (χ3n) is 2.56. The van der Waals surface area contributed by atoms with Crippen LogP contribution in [0.15, 0.2) is 24.5 Å². The largest absolute Gasteiger partial charge is 0.493 e. The summed E-state index contributed by atoms with van der Waals surface area (Å²) >= 11 is 0. The van der Waals surface area contributed by atoms with Gasteiger partial charge >= 0.3 is 0 Å². The standard InChI is InChI=1S/C13H19N5O/c1-2-5-19-12-7-10(14)6-11(8-12)15-4-3-13-16-9-17-18-13/h6-9,15H,2-5,14H2,1H3,(H,16,17,18). The van der Waals surface area contributed by atoms with Gasteiger partial charge in [-0.2, -0.15) is 5.10 Å². The van der Waals surface area contributed by atoms with Crippen LogP contribution in [0.1, 0.15) is 19.2 Å². The summed E-state index contributed by atoms with van der Waals surface area (Å²) in [6.07, 6.45) is 3.26. The molecule has 19 heavy (non-hydrogen) atoms. The van der Waals surface area contributed by atoms with Crippen molar-refractivity contribution in [2.45, 2.75) is 19.8 Å². The van der Waals surface area contributed by atoms with Crippen molar-refractivity contribution in [3.63, 3.8) is 0 Å². The average Bonchev–Trinajstić information content (AvgIpc) is 2.89. The fourth-order valence-electron chi connectivity index (χ4n) is 1.70. The van der Waals surface area contributed by atoms with Gasteiger partial charge < -0.3 is 15.8 Å². The first kappa shape index (κ1) is 13.2. The van der Waals surface area contributed by atoms with Crippen molar-refractivity contribution < 1.29 is 4.74 Å². The number of benzene rings is 1. The summed E-state index contributed by atoms with van der Waals surface area (Å²) in [7, 11) is 0. The number of ether oxygens (including phenoxy) is 1. The summed E-state index contributed by atoms with van der Waals surface area (Å²) in [5, 5.41) is 9.92. The molecule has 4 N–H and O–H groups in total. The number of nitrogens with one attached hydrogen (secondary N) is 2. The Labute approximate surface area is 112 Å².